The van der Waals surface area contributed by atoms with Gasteiger partial charge in [0.05, 0.1) is 18.0 Å². The summed E-state index contributed by atoms with van der Waals surface area (Å²) >= 11 is 0. The number of benzene rings is 1. The Morgan fingerprint density at radius 1 is 1.26 bits per heavy atom. The van der Waals surface area contributed by atoms with E-state index >= 15 is 0 Å². The second kappa shape index (κ2) is 6.87. The Morgan fingerprint density at radius 2 is 2.00 bits per heavy atom. The number of rotatable bonds is 2. The van der Waals surface area contributed by atoms with Crippen LogP contribution in [0.4, 0.5) is 0 Å². The van der Waals surface area contributed by atoms with Gasteiger partial charge >= 0.3 is 0 Å². The van der Waals surface area contributed by atoms with Crippen molar-refractivity contribution in [3.05, 3.63) is 29.8 Å². The number of carbonyl (C=O) groups excluding carboxylic acids is 3. The van der Waals surface area contributed by atoms with Gasteiger partial charge in [-0.15, -0.1) is 0 Å². The molecule has 0 radical (unpaired) electrons. The van der Waals surface area contributed by atoms with Crippen molar-refractivity contribution in [1.29, 1.82) is 0 Å². The van der Waals surface area contributed by atoms with Crippen molar-refractivity contribution >= 4 is 17.7 Å². The Balaban J connectivity index is 1.37. The quantitative estimate of drug-likeness (QED) is 0.815. The zero-order valence-electron chi connectivity index (χ0n) is 15.5. The predicted molar refractivity (Wildman–Crippen MR) is 98.3 cm³/mol. The van der Waals surface area contributed by atoms with Gasteiger partial charge in [0.25, 0.3) is 5.91 Å². The number of hydrogen-bond donors (Lipinski definition) is 2. The lowest BCUT2D eigenvalue weighted by atomic mass is 9.81. The molecule has 2 N–H and O–H groups in total. The van der Waals surface area contributed by atoms with Crippen molar-refractivity contribution in [3.63, 3.8) is 0 Å². The zero-order chi connectivity index (χ0) is 19.0. The molecule has 7 nitrogen and oxygen atoms in total. The van der Waals surface area contributed by atoms with Gasteiger partial charge in [-0.2, -0.15) is 0 Å². The fourth-order valence-electron chi connectivity index (χ4n) is 4.27. The number of nitrogens with zero attached hydrogens (tertiary/aromatic N) is 1. The Bertz CT molecular complexity index is 770. The van der Waals surface area contributed by atoms with Crippen molar-refractivity contribution < 1.29 is 19.1 Å². The molecule has 0 unspecified atom stereocenters. The van der Waals surface area contributed by atoms with Crippen LogP contribution in [0.5, 0.6) is 5.75 Å². The number of amides is 3. The van der Waals surface area contributed by atoms with E-state index in [2.05, 4.69) is 10.6 Å². The highest BCUT2D eigenvalue weighted by molar-refractivity contribution is 5.97. The van der Waals surface area contributed by atoms with Crippen LogP contribution in [0.2, 0.25) is 0 Å². The SMILES string of the molecule is CN1C[C@H](C(=O)NC2CCC3(CC2)CNC(=O)c2ccccc2O3)CC1=O. The second-order valence-corrected chi connectivity index (χ2v) is 7.92. The molecule has 7 heteroatoms. The van der Waals surface area contributed by atoms with Gasteiger partial charge in [0, 0.05) is 26.1 Å². The van der Waals surface area contributed by atoms with E-state index in [0.29, 0.717) is 30.8 Å². The van der Waals surface area contributed by atoms with E-state index < -0.39 is 5.60 Å². The first kappa shape index (κ1) is 17.8. The van der Waals surface area contributed by atoms with Crippen LogP contribution in [0.25, 0.3) is 0 Å². The summed E-state index contributed by atoms with van der Waals surface area (Å²) in [4.78, 5) is 38.0. The Hall–Kier alpha value is -2.57. The van der Waals surface area contributed by atoms with Crippen LogP contribution in [0.1, 0.15) is 42.5 Å². The molecule has 27 heavy (non-hydrogen) atoms. The molecule has 4 rings (SSSR count). The number of nitrogens with one attached hydrogen (secondary N) is 2. The first-order valence-electron chi connectivity index (χ1n) is 9.56. The normalized spacial score (nSPS) is 30.3. The number of carbonyl (C=O) groups is 3. The summed E-state index contributed by atoms with van der Waals surface area (Å²) in [5.41, 5.74) is 0.146. The molecule has 3 amide bonds. The molecule has 2 heterocycles. The Morgan fingerprint density at radius 3 is 2.70 bits per heavy atom. The lowest BCUT2D eigenvalue weighted by Gasteiger charge is -2.39. The molecule has 2 fully saturated rings. The number of hydrogen-bond acceptors (Lipinski definition) is 4. The average Bonchev–Trinajstić information content (AvgIpc) is 2.94. The number of para-hydroxylation sites is 1. The first-order chi connectivity index (χ1) is 13.0. The lowest BCUT2D eigenvalue weighted by Crippen LogP contribution is -2.51. The summed E-state index contributed by atoms with van der Waals surface area (Å²) in [5.74, 6) is 0.266. The summed E-state index contributed by atoms with van der Waals surface area (Å²) in [6.45, 7) is 0.969. The van der Waals surface area contributed by atoms with Gasteiger partial charge in [0.15, 0.2) is 0 Å². The maximum Gasteiger partial charge on any atom is 0.255 e. The molecule has 144 valence electrons. The van der Waals surface area contributed by atoms with Crippen LogP contribution in [-0.4, -0.2) is 54.4 Å². The molecule has 2 aliphatic heterocycles. The lowest BCUT2D eigenvalue weighted by molar-refractivity contribution is -0.128. The standard InChI is InChI=1S/C20H25N3O4/c1-23-11-13(10-17(23)24)18(25)22-14-6-8-20(9-7-14)12-21-19(26)15-4-2-3-5-16(15)27-20/h2-5,13-14H,6-12H2,1H3,(H,21,26)(H,22,25)/t13-,14?,20?/m1/s1. The molecule has 3 aliphatic rings. The third kappa shape index (κ3) is 3.50. The van der Waals surface area contributed by atoms with E-state index in [-0.39, 0.29) is 29.7 Å². The minimum absolute atomic E-state index is 0.0269. The molecule has 1 spiro atoms. The largest absolute Gasteiger partial charge is 0.485 e. The van der Waals surface area contributed by atoms with Gasteiger partial charge in [-0.25, -0.2) is 0 Å². The van der Waals surface area contributed by atoms with E-state index in [1.54, 1.807) is 18.0 Å². The van der Waals surface area contributed by atoms with E-state index in [0.717, 1.165) is 25.7 Å². The molecule has 0 bridgehead atoms. The number of likely N-dealkylation sites (tertiary alicyclic amines) is 1. The van der Waals surface area contributed by atoms with Crippen molar-refractivity contribution in [2.24, 2.45) is 5.92 Å². The van der Waals surface area contributed by atoms with Crippen molar-refractivity contribution in [3.8, 4) is 5.75 Å². The van der Waals surface area contributed by atoms with E-state index in [1.165, 1.54) is 0 Å². The number of fused-ring (bicyclic) bond motifs is 1. The number of ether oxygens (including phenoxy) is 1. The molecule has 1 atom stereocenters. The highest BCUT2D eigenvalue weighted by Crippen LogP contribution is 2.36. The third-order valence-corrected chi connectivity index (χ3v) is 5.98. The third-order valence-electron chi connectivity index (χ3n) is 5.98. The van der Waals surface area contributed by atoms with E-state index in [4.69, 9.17) is 4.74 Å². The topological polar surface area (TPSA) is 87.7 Å². The van der Waals surface area contributed by atoms with Gasteiger partial charge in [-0.05, 0) is 37.8 Å². The summed E-state index contributed by atoms with van der Waals surface area (Å²) in [5, 5.41) is 6.08. The average molecular weight is 371 g/mol. The zero-order valence-corrected chi connectivity index (χ0v) is 15.5. The summed E-state index contributed by atoms with van der Waals surface area (Å²) < 4.78 is 6.29. The molecule has 1 saturated heterocycles. The molecular weight excluding hydrogens is 346 g/mol. The summed E-state index contributed by atoms with van der Waals surface area (Å²) in [7, 11) is 1.73. The minimum atomic E-state index is -0.424. The minimum Gasteiger partial charge on any atom is -0.485 e. The highest BCUT2D eigenvalue weighted by atomic mass is 16.5. The Labute approximate surface area is 158 Å². The van der Waals surface area contributed by atoms with Gasteiger partial charge in [-0.3, -0.25) is 14.4 Å². The smallest absolute Gasteiger partial charge is 0.255 e. The highest BCUT2D eigenvalue weighted by Gasteiger charge is 2.41. The summed E-state index contributed by atoms with van der Waals surface area (Å²) in [6.07, 6.45) is 3.40. The monoisotopic (exact) mass is 371 g/mol. The van der Waals surface area contributed by atoms with Crippen LogP contribution in [0.3, 0.4) is 0 Å². The molecule has 1 aromatic carbocycles. The molecular formula is C20H25N3O4. The van der Waals surface area contributed by atoms with Crippen molar-refractivity contribution in [1.82, 2.24) is 15.5 Å². The molecule has 1 saturated carbocycles. The molecule has 1 aromatic rings. The van der Waals surface area contributed by atoms with Crippen LogP contribution in [0, 0.1) is 5.92 Å². The molecule has 1 aliphatic carbocycles. The summed E-state index contributed by atoms with van der Waals surface area (Å²) in [6, 6.07) is 7.40. The van der Waals surface area contributed by atoms with Crippen LogP contribution >= 0.6 is 0 Å². The van der Waals surface area contributed by atoms with E-state index in [1.807, 2.05) is 18.2 Å². The second-order valence-electron chi connectivity index (χ2n) is 7.92. The van der Waals surface area contributed by atoms with Gasteiger partial charge in [-0.1, -0.05) is 12.1 Å². The predicted octanol–water partition coefficient (Wildman–Crippen LogP) is 1.08. The maximum atomic E-state index is 12.5. The van der Waals surface area contributed by atoms with Gasteiger partial charge in [0.2, 0.25) is 11.8 Å². The Kier molecular flexibility index (Phi) is 4.53. The van der Waals surface area contributed by atoms with Gasteiger partial charge in [0.1, 0.15) is 11.4 Å². The van der Waals surface area contributed by atoms with Crippen LogP contribution in [-0.2, 0) is 9.59 Å². The fourth-order valence-corrected chi connectivity index (χ4v) is 4.27. The first-order valence-corrected chi connectivity index (χ1v) is 9.56. The van der Waals surface area contributed by atoms with Crippen molar-refractivity contribution in [2.45, 2.75) is 43.7 Å². The van der Waals surface area contributed by atoms with Crippen LogP contribution in [0.15, 0.2) is 24.3 Å². The fraction of sp³-hybridized carbons (Fsp3) is 0.550. The maximum absolute atomic E-state index is 12.5. The van der Waals surface area contributed by atoms with E-state index in [9.17, 15) is 14.4 Å². The van der Waals surface area contributed by atoms with Gasteiger partial charge < -0.3 is 20.3 Å². The molecule has 0 aromatic heterocycles. The van der Waals surface area contributed by atoms with Crippen molar-refractivity contribution in [2.75, 3.05) is 20.1 Å². The van der Waals surface area contributed by atoms with Crippen LogP contribution < -0.4 is 15.4 Å².